The zero-order chi connectivity index (χ0) is 32.9. The largest absolute Gasteiger partial charge is 0.462 e. The molecule has 0 N–H and O–H groups in total. The van der Waals surface area contributed by atoms with Crippen molar-refractivity contribution in [3.05, 3.63) is 143 Å². The van der Waals surface area contributed by atoms with Crippen LogP contribution in [0.3, 0.4) is 0 Å². The molecule has 47 heavy (non-hydrogen) atoms. The van der Waals surface area contributed by atoms with E-state index < -0.39 is 16.0 Å². The Kier molecular flexibility index (Phi) is 7.65. The number of benzene rings is 6. The number of aryl methyl sites for hydroxylation is 2. The molecule has 0 amide bonds. The lowest BCUT2D eigenvalue weighted by atomic mass is 9.79. The van der Waals surface area contributed by atoms with Gasteiger partial charge in [0.05, 0.1) is 29.3 Å². The zero-order valence-corrected chi connectivity index (χ0v) is 27.1. The van der Waals surface area contributed by atoms with Crippen molar-refractivity contribution in [2.75, 3.05) is 10.9 Å². The van der Waals surface area contributed by atoms with Gasteiger partial charge in [-0.05, 0) is 107 Å². The minimum atomic E-state index is -3.99. The number of esters is 1. The quantitative estimate of drug-likeness (QED) is 0.170. The van der Waals surface area contributed by atoms with Crippen LogP contribution in [0.15, 0.2) is 120 Å². The van der Waals surface area contributed by atoms with Gasteiger partial charge in [-0.2, -0.15) is 0 Å². The Morgan fingerprint density at radius 3 is 2.04 bits per heavy atom. The number of sulfonamides is 1. The van der Waals surface area contributed by atoms with Crippen molar-refractivity contribution in [3.63, 3.8) is 0 Å². The summed E-state index contributed by atoms with van der Waals surface area (Å²) >= 11 is 0. The minimum absolute atomic E-state index is 0.0453. The standard InChI is InChI=1S/C40H32FNO4S/c1-4-46-40(43)29-17-22-32-34(23-29)38(28-13-9-25(2)10-14-28)39-33-7-5-6-8-36(33)42(47(44,45)31-20-11-26(3)12-21-31)24-35(39)37(32)27-15-18-30(41)19-16-27/h5-23H,4,24H2,1-3H3. The summed E-state index contributed by atoms with van der Waals surface area (Å²) in [6, 6.07) is 34.3. The van der Waals surface area contributed by atoms with E-state index in [4.69, 9.17) is 4.74 Å². The van der Waals surface area contributed by atoms with Gasteiger partial charge < -0.3 is 4.74 Å². The lowest BCUT2D eigenvalue weighted by molar-refractivity contribution is 0.0526. The fourth-order valence-electron chi connectivity index (χ4n) is 6.49. The number of carbonyl (C=O) groups excluding carboxylic acids is 1. The van der Waals surface area contributed by atoms with Crippen LogP contribution in [0.2, 0.25) is 0 Å². The molecule has 0 saturated heterocycles. The number of anilines is 1. The number of hydrogen-bond donors (Lipinski definition) is 0. The summed E-state index contributed by atoms with van der Waals surface area (Å²) in [4.78, 5) is 13.2. The summed E-state index contributed by atoms with van der Waals surface area (Å²) in [5, 5.41) is 1.62. The molecule has 0 radical (unpaired) electrons. The van der Waals surface area contributed by atoms with Crippen LogP contribution in [0.5, 0.6) is 0 Å². The van der Waals surface area contributed by atoms with Crippen molar-refractivity contribution in [3.8, 4) is 33.4 Å². The second-order valence-electron chi connectivity index (χ2n) is 11.8. The smallest absolute Gasteiger partial charge is 0.338 e. The van der Waals surface area contributed by atoms with Crippen LogP contribution in [0.1, 0.15) is 34.0 Å². The molecular formula is C40H32FNO4S. The van der Waals surface area contributed by atoms with Crippen molar-refractivity contribution in [2.24, 2.45) is 0 Å². The number of para-hydroxylation sites is 1. The van der Waals surface area contributed by atoms with E-state index in [0.29, 0.717) is 11.3 Å². The van der Waals surface area contributed by atoms with Crippen molar-refractivity contribution in [2.45, 2.75) is 32.2 Å². The third-order valence-electron chi connectivity index (χ3n) is 8.75. The van der Waals surface area contributed by atoms with Crippen molar-refractivity contribution in [1.29, 1.82) is 0 Å². The third kappa shape index (κ3) is 5.26. The molecule has 234 valence electrons. The summed E-state index contributed by atoms with van der Waals surface area (Å²) in [7, 11) is -3.99. The first kappa shape index (κ1) is 30.4. The Bertz CT molecular complexity index is 2280. The lowest BCUT2D eigenvalue weighted by Gasteiger charge is -2.35. The van der Waals surface area contributed by atoms with Crippen LogP contribution >= 0.6 is 0 Å². The van der Waals surface area contributed by atoms with Gasteiger partial charge in [0.25, 0.3) is 10.0 Å². The van der Waals surface area contributed by atoms with Gasteiger partial charge in [-0.3, -0.25) is 4.31 Å². The summed E-state index contributed by atoms with van der Waals surface area (Å²) in [6.07, 6.45) is 0. The Hall–Kier alpha value is -5.27. The van der Waals surface area contributed by atoms with Gasteiger partial charge in [-0.1, -0.05) is 83.9 Å². The van der Waals surface area contributed by atoms with E-state index in [2.05, 4.69) is 12.1 Å². The second kappa shape index (κ2) is 11.8. The van der Waals surface area contributed by atoms with Gasteiger partial charge in [0.2, 0.25) is 0 Å². The van der Waals surface area contributed by atoms with Gasteiger partial charge in [-0.15, -0.1) is 0 Å². The maximum Gasteiger partial charge on any atom is 0.338 e. The molecule has 0 fully saturated rings. The van der Waals surface area contributed by atoms with Gasteiger partial charge in [0, 0.05) is 5.56 Å². The molecule has 1 heterocycles. The predicted molar refractivity (Wildman–Crippen MR) is 185 cm³/mol. The summed E-state index contributed by atoms with van der Waals surface area (Å²) in [5.41, 5.74) is 8.74. The molecule has 0 spiro atoms. The first-order valence-corrected chi connectivity index (χ1v) is 16.9. The molecule has 1 aliphatic rings. The van der Waals surface area contributed by atoms with Crippen molar-refractivity contribution < 1.29 is 22.3 Å². The van der Waals surface area contributed by atoms with Gasteiger partial charge in [0.1, 0.15) is 5.82 Å². The monoisotopic (exact) mass is 641 g/mol. The first-order valence-electron chi connectivity index (χ1n) is 15.5. The SMILES string of the molecule is CCOC(=O)c1ccc2c(-c3ccc(F)cc3)c3c(c(-c4ccc(C)cc4)c2c1)-c1ccccc1N(S(=O)(=O)c1ccc(C)cc1)C3. The highest BCUT2D eigenvalue weighted by molar-refractivity contribution is 7.92. The van der Waals surface area contributed by atoms with Crippen molar-refractivity contribution >= 4 is 32.5 Å². The van der Waals surface area contributed by atoms with Gasteiger partial charge >= 0.3 is 5.97 Å². The second-order valence-corrected chi connectivity index (χ2v) is 13.7. The van der Waals surface area contributed by atoms with E-state index in [-0.39, 0.29) is 23.9 Å². The van der Waals surface area contributed by atoms with Crippen LogP contribution < -0.4 is 4.31 Å². The highest BCUT2D eigenvalue weighted by Crippen LogP contribution is 2.52. The summed E-state index contributed by atoms with van der Waals surface area (Å²) < 4.78 is 50.0. The minimum Gasteiger partial charge on any atom is -0.462 e. The molecule has 0 saturated carbocycles. The third-order valence-corrected chi connectivity index (χ3v) is 10.5. The Labute approximate surface area is 273 Å². The number of fused-ring (bicyclic) bond motifs is 4. The van der Waals surface area contributed by atoms with E-state index in [0.717, 1.165) is 60.8 Å². The van der Waals surface area contributed by atoms with E-state index >= 15 is 0 Å². The Balaban J connectivity index is 1.62. The zero-order valence-electron chi connectivity index (χ0n) is 26.3. The molecule has 1 aliphatic heterocycles. The predicted octanol–water partition coefficient (Wildman–Crippen LogP) is 9.48. The number of ether oxygens (including phenoxy) is 1. The van der Waals surface area contributed by atoms with E-state index in [1.165, 1.54) is 16.4 Å². The molecule has 0 atom stereocenters. The molecule has 0 bridgehead atoms. The van der Waals surface area contributed by atoms with Gasteiger partial charge in [0.15, 0.2) is 0 Å². The van der Waals surface area contributed by atoms with E-state index in [1.54, 1.807) is 49.4 Å². The fraction of sp³-hybridized carbons (Fsp3) is 0.125. The number of halogens is 1. The van der Waals surface area contributed by atoms with Crippen LogP contribution in [0, 0.1) is 19.7 Å². The summed E-state index contributed by atoms with van der Waals surface area (Å²) in [5.74, 6) is -0.803. The van der Waals surface area contributed by atoms with E-state index in [1.807, 2.05) is 62.4 Å². The molecule has 5 nitrogen and oxygen atoms in total. The van der Waals surface area contributed by atoms with Crippen LogP contribution in [-0.2, 0) is 21.3 Å². The highest BCUT2D eigenvalue weighted by Gasteiger charge is 2.36. The van der Waals surface area contributed by atoms with Crippen LogP contribution in [0.4, 0.5) is 10.1 Å². The maximum absolute atomic E-state index is 14.4. The Morgan fingerprint density at radius 1 is 0.745 bits per heavy atom. The van der Waals surface area contributed by atoms with Crippen molar-refractivity contribution in [1.82, 2.24) is 0 Å². The molecule has 7 rings (SSSR count). The van der Waals surface area contributed by atoms with E-state index in [9.17, 15) is 17.6 Å². The van der Waals surface area contributed by atoms with Crippen LogP contribution in [-0.4, -0.2) is 21.0 Å². The average Bonchev–Trinajstić information content (AvgIpc) is 3.08. The normalized spacial score (nSPS) is 12.5. The first-order chi connectivity index (χ1) is 22.7. The molecule has 6 aromatic carbocycles. The molecule has 0 aliphatic carbocycles. The maximum atomic E-state index is 14.4. The average molecular weight is 642 g/mol. The lowest BCUT2D eigenvalue weighted by Crippen LogP contribution is -2.33. The van der Waals surface area contributed by atoms with Gasteiger partial charge in [-0.25, -0.2) is 17.6 Å². The van der Waals surface area contributed by atoms with Crippen LogP contribution in [0.25, 0.3) is 44.2 Å². The number of carbonyl (C=O) groups is 1. The molecule has 7 heteroatoms. The number of hydrogen-bond acceptors (Lipinski definition) is 4. The summed E-state index contributed by atoms with van der Waals surface area (Å²) in [6.45, 7) is 6.00. The molecule has 6 aromatic rings. The molecule has 0 unspecified atom stereocenters. The molecular weight excluding hydrogens is 610 g/mol. The fourth-order valence-corrected chi connectivity index (χ4v) is 7.94. The molecule has 0 aromatic heterocycles. The number of rotatable bonds is 6. The Morgan fingerprint density at radius 2 is 1.36 bits per heavy atom. The number of nitrogens with zero attached hydrogens (tertiary/aromatic N) is 1. The highest BCUT2D eigenvalue weighted by atomic mass is 32.2. The topological polar surface area (TPSA) is 63.7 Å².